The van der Waals surface area contributed by atoms with Crippen LogP contribution in [-0.2, 0) is 9.47 Å². The molecule has 1 saturated heterocycles. The highest BCUT2D eigenvalue weighted by Crippen LogP contribution is 2.21. The number of aliphatic imine (C=N–C) groups is 1. The summed E-state index contributed by atoms with van der Waals surface area (Å²) in [6.45, 7) is 9.13. The number of ether oxygens (including phenoxy) is 2. The van der Waals surface area contributed by atoms with Gasteiger partial charge in [-0.15, -0.1) is 0 Å². The molecule has 1 atom stereocenters. The third kappa shape index (κ3) is 5.06. The zero-order chi connectivity index (χ0) is 15.5. The van der Waals surface area contributed by atoms with Gasteiger partial charge in [-0.2, -0.15) is 0 Å². The fourth-order valence-electron chi connectivity index (χ4n) is 2.33. The van der Waals surface area contributed by atoms with Crippen molar-refractivity contribution in [1.29, 1.82) is 0 Å². The van der Waals surface area contributed by atoms with Crippen LogP contribution in [0.3, 0.4) is 0 Å². The molecule has 0 bridgehead atoms. The van der Waals surface area contributed by atoms with Crippen LogP contribution in [0.1, 0.15) is 47.0 Å². The number of piperidine rings is 1. The normalized spacial score (nSPS) is 23.7. The number of carbonyl (C=O) groups excluding carboxylic acids is 1. The molecule has 1 unspecified atom stereocenters. The van der Waals surface area contributed by atoms with Gasteiger partial charge in [-0.25, -0.2) is 9.79 Å². The van der Waals surface area contributed by atoms with Crippen LogP contribution in [0.5, 0.6) is 0 Å². The standard InChI is InChI=1S/C16H26N2O3/c1-12-5-6-14(17-11-12)20-13-7-9-18(10-8-13)15(19)21-16(2,3)4/h6,11-13H,5,7-10H2,1-4H3. The molecular formula is C16H26N2O3. The molecule has 2 aliphatic rings. The van der Waals surface area contributed by atoms with Gasteiger partial charge in [-0.3, -0.25) is 0 Å². The van der Waals surface area contributed by atoms with E-state index < -0.39 is 5.60 Å². The van der Waals surface area contributed by atoms with Crippen molar-refractivity contribution < 1.29 is 14.3 Å². The Kier molecular flexibility index (Phi) is 4.91. The molecule has 0 aliphatic carbocycles. The van der Waals surface area contributed by atoms with E-state index in [1.807, 2.05) is 33.1 Å². The minimum absolute atomic E-state index is 0.139. The maximum absolute atomic E-state index is 12.0. The van der Waals surface area contributed by atoms with Crippen molar-refractivity contribution in [2.75, 3.05) is 13.1 Å². The van der Waals surface area contributed by atoms with Crippen LogP contribution in [-0.4, -0.2) is 42.0 Å². The van der Waals surface area contributed by atoms with E-state index in [1.165, 1.54) is 0 Å². The summed E-state index contributed by atoms with van der Waals surface area (Å²) in [6.07, 6.45) is 6.51. The fraction of sp³-hybridized carbons (Fsp3) is 0.750. The largest absolute Gasteiger partial charge is 0.474 e. The van der Waals surface area contributed by atoms with Gasteiger partial charge >= 0.3 is 6.09 Å². The molecule has 2 heterocycles. The van der Waals surface area contributed by atoms with E-state index in [0.29, 0.717) is 19.0 Å². The van der Waals surface area contributed by atoms with Crippen LogP contribution >= 0.6 is 0 Å². The smallest absolute Gasteiger partial charge is 0.410 e. The number of likely N-dealkylation sites (tertiary alicyclic amines) is 1. The second-order valence-electron chi connectivity index (χ2n) is 6.82. The highest BCUT2D eigenvalue weighted by Gasteiger charge is 2.28. The summed E-state index contributed by atoms with van der Waals surface area (Å²) in [6, 6.07) is 0. The third-order valence-electron chi connectivity index (χ3n) is 3.50. The molecule has 1 amide bonds. The van der Waals surface area contributed by atoms with Crippen LogP contribution in [0.4, 0.5) is 4.79 Å². The first-order valence-electron chi connectivity index (χ1n) is 7.72. The first-order valence-corrected chi connectivity index (χ1v) is 7.72. The van der Waals surface area contributed by atoms with E-state index in [9.17, 15) is 4.79 Å². The molecule has 0 aromatic carbocycles. The summed E-state index contributed by atoms with van der Waals surface area (Å²) in [5.74, 6) is 1.22. The predicted molar refractivity (Wildman–Crippen MR) is 82.3 cm³/mol. The van der Waals surface area contributed by atoms with Crippen molar-refractivity contribution in [2.45, 2.75) is 58.7 Å². The van der Waals surface area contributed by atoms with Gasteiger partial charge in [-0.1, -0.05) is 6.92 Å². The first kappa shape index (κ1) is 15.9. The number of carbonyl (C=O) groups is 1. The summed E-state index contributed by atoms with van der Waals surface area (Å²) in [7, 11) is 0. The molecular weight excluding hydrogens is 268 g/mol. The Morgan fingerprint density at radius 3 is 2.52 bits per heavy atom. The predicted octanol–water partition coefficient (Wildman–Crippen LogP) is 3.35. The molecule has 5 nitrogen and oxygen atoms in total. The molecule has 0 N–H and O–H groups in total. The quantitative estimate of drug-likeness (QED) is 0.784. The van der Waals surface area contributed by atoms with Crippen molar-refractivity contribution >= 4 is 12.3 Å². The molecule has 1 fully saturated rings. The number of allylic oxidation sites excluding steroid dienone is 1. The summed E-state index contributed by atoms with van der Waals surface area (Å²) in [5, 5.41) is 0. The Morgan fingerprint density at radius 1 is 1.33 bits per heavy atom. The fourth-order valence-corrected chi connectivity index (χ4v) is 2.33. The molecule has 0 saturated carbocycles. The average Bonchev–Trinajstić information content (AvgIpc) is 2.40. The van der Waals surface area contributed by atoms with Crippen molar-refractivity contribution in [2.24, 2.45) is 10.9 Å². The number of nitrogens with zero attached hydrogens (tertiary/aromatic N) is 2. The second-order valence-corrected chi connectivity index (χ2v) is 6.82. The lowest BCUT2D eigenvalue weighted by Crippen LogP contribution is -2.43. The first-order chi connectivity index (χ1) is 9.83. The van der Waals surface area contributed by atoms with Crippen molar-refractivity contribution in [3.05, 3.63) is 12.0 Å². The summed E-state index contributed by atoms with van der Waals surface area (Å²) in [4.78, 5) is 18.0. The third-order valence-corrected chi connectivity index (χ3v) is 3.50. The maximum Gasteiger partial charge on any atom is 0.410 e. The highest BCUT2D eigenvalue weighted by atomic mass is 16.6. The average molecular weight is 294 g/mol. The van der Waals surface area contributed by atoms with Gasteiger partial charge in [0, 0.05) is 32.1 Å². The van der Waals surface area contributed by atoms with Crippen LogP contribution in [0.25, 0.3) is 0 Å². The van der Waals surface area contributed by atoms with Crippen molar-refractivity contribution in [1.82, 2.24) is 4.90 Å². The second kappa shape index (κ2) is 6.50. The highest BCUT2D eigenvalue weighted by molar-refractivity contribution is 5.68. The van der Waals surface area contributed by atoms with Crippen LogP contribution in [0.2, 0.25) is 0 Å². The zero-order valence-electron chi connectivity index (χ0n) is 13.5. The zero-order valence-corrected chi connectivity index (χ0v) is 13.5. The topological polar surface area (TPSA) is 51.1 Å². The number of hydrogen-bond acceptors (Lipinski definition) is 4. The molecule has 0 radical (unpaired) electrons. The molecule has 0 spiro atoms. The molecule has 0 aromatic heterocycles. The van der Waals surface area contributed by atoms with E-state index in [0.717, 1.165) is 25.1 Å². The van der Waals surface area contributed by atoms with Crippen LogP contribution < -0.4 is 0 Å². The van der Waals surface area contributed by atoms with Gasteiger partial charge in [0.1, 0.15) is 11.7 Å². The van der Waals surface area contributed by atoms with Gasteiger partial charge in [0.15, 0.2) is 0 Å². The lowest BCUT2D eigenvalue weighted by Gasteiger charge is -2.33. The van der Waals surface area contributed by atoms with E-state index >= 15 is 0 Å². The van der Waals surface area contributed by atoms with Gasteiger partial charge in [0.2, 0.25) is 5.88 Å². The monoisotopic (exact) mass is 294 g/mol. The lowest BCUT2D eigenvalue weighted by molar-refractivity contribution is 0.00398. The lowest BCUT2D eigenvalue weighted by atomic mass is 10.1. The van der Waals surface area contributed by atoms with E-state index in [2.05, 4.69) is 11.9 Å². The summed E-state index contributed by atoms with van der Waals surface area (Å²) < 4.78 is 11.3. The minimum Gasteiger partial charge on any atom is -0.474 e. The number of rotatable bonds is 2. The van der Waals surface area contributed by atoms with E-state index in [4.69, 9.17) is 9.47 Å². The summed E-state index contributed by atoms with van der Waals surface area (Å²) >= 11 is 0. The summed E-state index contributed by atoms with van der Waals surface area (Å²) in [5.41, 5.74) is -0.442. The van der Waals surface area contributed by atoms with Gasteiger partial charge in [0.05, 0.1) is 0 Å². The molecule has 2 aliphatic heterocycles. The molecule has 0 aromatic rings. The SMILES string of the molecule is CC1C=NC(OC2CCN(C(=O)OC(C)(C)C)CC2)=CC1. The van der Waals surface area contributed by atoms with Gasteiger partial charge in [0.25, 0.3) is 0 Å². The number of amides is 1. The molecule has 5 heteroatoms. The van der Waals surface area contributed by atoms with Crippen molar-refractivity contribution in [3.63, 3.8) is 0 Å². The van der Waals surface area contributed by atoms with E-state index in [1.54, 1.807) is 4.90 Å². The molecule has 118 valence electrons. The van der Waals surface area contributed by atoms with Gasteiger partial charge in [-0.05, 0) is 39.2 Å². The van der Waals surface area contributed by atoms with Crippen LogP contribution in [0.15, 0.2) is 17.0 Å². The van der Waals surface area contributed by atoms with Crippen LogP contribution in [0, 0.1) is 5.92 Å². The maximum atomic E-state index is 12.0. The molecule has 21 heavy (non-hydrogen) atoms. The minimum atomic E-state index is -0.442. The Morgan fingerprint density at radius 2 is 2.00 bits per heavy atom. The molecule has 2 rings (SSSR count). The van der Waals surface area contributed by atoms with Crippen molar-refractivity contribution in [3.8, 4) is 0 Å². The van der Waals surface area contributed by atoms with E-state index in [-0.39, 0.29) is 12.2 Å². The number of hydrogen-bond donors (Lipinski definition) is 0. The van der Waals surface area contributed by atoms with Gasteiger partial charge < -0.3 is 14.4 Å². The Balaban J connectivity index is 1.76. The Labute approximate surface area is 127 Å². The Bertz CT molecular complexity index is 429. The Hall–Kier alpha value is -1.52.